The van der Waals surface area contributed by atoms with Crippen molar-refractivity contribution < 1.29 is 0 Å². The molecular formula is C16H18ClN. The van der Waals surface area contributed by atoms with Crippen LogP contribution in [0.15, 0.2) is 66.7 Å². The quantitative estimate of drug-likeness (QED) is 0.882. The normalized spacial score (nSPS) is 9.39. The smallest absolute Gasteiger partial charge is 0.0141 e. The molecule has 2 heteroatoms. The summed E-state index contributed by atoms with van der Waals surface area (Å²) in [6.07, 6.45) is 2.23. The third-order valence-corrected chi connectivity index (χ3v) is 2.68. The Morgan fingerprint density at radius 2 is 1.33 bits per heavy atom. The van der Waals surface area contributed by atoms with Crippen LogP contribution in [0.2, 0.25) is 0 Å². The lowest BCUT2D eigenvalue weighted by Gasteiger charge is -2.08. The molecule has 0 radical (unpaired) electrons. The van der Waals surface area contributed by atoms with Crippen LogP contribution < -0.4 is 5.32 Å². The van der Waals surface area contributed by atoms with Gasteiger partial charge in [0.15, 0.2) is 0 Å². The summed E-state index contributed by atoms with van der Waals surface area (Å²) in [7, 11) is 1.96. The summed E-state index contributed by atoms with van der Waals surface area (Å²) in [6.45, 7) is 0.874. The number of halogens is 1. The van der Waals surface area contributed by atoms with Crippen molar-refractivity contribution in [3.8, 4) is 0 Å². The van der Waals surface area contributed by atoms with E-state index in [4.69, 9.17) is 0 Å². The number of likely N-dealkylation sites (N-methyl/N-ethyl adjacent to an activating group) is 1. The van der Waals surface area contributed by atoms with Gasteiger partial charge in [-0.25, -0.2) is 0 Å². The summed E-state index contributed by atoms with van der Waals surface area (Å²) in [4.78, 5) is 0. The van der Waals surface area contributed by atoms with Crippen molar-refractivity contribution in [3.63, 3.8) is 0 Å². The fraction of sp³-hybridized carbons (Fsp3) is 0.125. The molecule has 0 aliphatic heterocycles. The summed E-state index contributed by atoms with van der Waals surface area (Å²) in [5.74, 6) is 0. The highest BCUT2D eigenvalue weighted by Gasteiger charge is 2.02. The summed E-state index contributed by atoms with van der Waals surface area (Å²) >= 11 is 0. The van der Waals surface area contributed by atoms with Crippen LogP contribution in [0.3, 0.4) is 0 Å². The molecule has 0 aliphatic rings. The van der Waals surface area contributed by atoms with Crippen LogP contribution in [-0.4, -0.2) is 13.6 Å². The van der Waals surface area contributed by atoms with Crippen molar-refractivity contribution in [3.05, 3.63) is 77.9 Å². The fourth-order valence-corrected chi connectivity index (χ4v) is 1.84. The van der Waals surface area contributed by atoms with E-state index < -0.39 is 0 Å². The summed E-state index contributed by atoms with van der Waals surface area (Å²) in [5.41, 5.74) is 3.79. The molecule has 0 aliphatic carbocycles. The molecule has 2 rings (SSSR count). The minimum absolute atomic E-state index is 0. The Kier molecular flexibility index (Phi) is 6.20. The lowest BCUT2D eigenvalue weighted by atomic mass is 9.98. The molecule has 0 atom stereocenters. The maximum absolute atomic E-state index is 3.16. The zero-order valence-electron chi connectivity index (χ0n) is 10.5. The van der Waals surface area contributed by atoms with Crippen molar-refractivity contribution in [2.45, 2.75) is 0 Å². The van der Waals surface area contributed by atoms with Gasteiger partial charge in [-0.05, 0) is 23.7 Å². The molecule has 18 heavy (non-hydrogen) atoms. The van der Waals surface area contributed by atoms with Crippen LogP contribution in [0, 0.1) is 0 Å². The van der Waals surface area contributed by atoms with Gasteiger partial charge in [0.1, 0.15) is 0 Å². The highest BCUT2D eigenvalue weighted by atomic mass is 35.5. The van der Waals surface area contributed by atoms with E-state index in [9.17, 15) is 0 Å². The molecular weight excluding hydrogens is 242 g/mol. The number of hydrogen-bond donors (Lipinski definition) is 1. The number of rotatable bonds is 4. The first-order valence-corrected chi connectivity index (χ1v) is 5.87. The standard InChI is InChI=1S/C16H17N.ClH/c1-17-13-12-16(14-8-4-2-5-9-14)15-10-6-3-7-11-15;/h2-12,17H,13H2,1H3;1H. The minimum atomic E-state index is 0. The molecule has 2 aromatic carbocycles. The van der Waals surface area contributed by atoms with E-state index in [-0.39, 0.29) is 12.4 Å². The van der Waals surface area contributed by atoms with Crippen molar-refractivity contribution >= 4 is 18.0 Å². The second kappa shape index (κ2) is 7.70. The first-order valence-electron chi connectivity index (χ1n) is 5.87. The zero-order valence-corrected chi connectivity index (χ0v) is 11.3. The van der Waals surface area contributed by atoms with Crippen LogP contribution >= 0.6 is 12.4 Å². The molecule has 0 saturated carbocycles. The Hall–Kier alpha value is -1.57. The average Bonchev–Trinajstić information content (AvgIpc) is 2.42. The van der Waals surface area contributed by atoms with Gasteiger partial charge in [-0.15, -0.1) is 12.4 Å². The number of nitrogens with one attached hydrogen (secondary N) is 1. The number of benzene rings is 2. The van der Waals surface area contributed by atoms with E-state index in [1.165, 1.54) is 16.7 Å². The lowest BCUT2D eigenvalue weighted by Crippen LogP contribution is -2.05. The van der Waals surface area contributed by atoms with Crippen molar-refractivity contribution in [2.24, 2.45) is 0 Å². The summed E-state index contributed by atoms with van der Waals surface area (Å²) in [6, 6.07) is 21.0. The van der Waals surface area contributed by atoms with Gasteiger partial charge in [0.05, 0.1) is 0 Å². The second-order valence-corrected chi connectivity index (χ2v) is 3.91. The molecule has 0 spiro atoms. The molecule has 0 heterocycles. The van der Waals surface area contributed by atoms with Gasteiger partial charge in [-0.1, -0.05) is 66.7 Å². The monoisotopic (exact) mass is 259 g/mol. The van der Waals surface area contributed by atoms with Crippen LogP contribution in [0.5, 0.6) is 0 Å². The van der Waals surface area contributed by atoms with Crippen molar-refractivity contribution in [1.82, 2.24) is 5.32 Å². The highest BCUT2D eigenvalue weighted by molar-refractivity contribution is 5.85. The van der Waals surface area contributed by atoms with Crippen LogP contribution in [0.25, 0.3) is 5.57 Å². The predicted octanol–water partition coefficient (Wildman–Crippen LogP) is 3.76. The molecule has 1 nitrogen and oxygen atoms in total. The van der Waals surface area contributed by atoms with Crippen LogP contribution in [0.1, 0.15) is 11.1 Å². The fourth-order valence-electron chi connectivity index (χ4n) is 1.84. The number of hydrogen-bond acceptors (Lipinski definition) is 1. The van der Waals surface area contributed by atoms with E-state index in [0.29, 0.717) is 0 Å². The Balaban J connectivity index is 0.00000162. The van der Waals surface area contributed by atoms with Crippen LogP contribution in [0.4, 0.5) is 0 Å². The third kappa shape index (κ3) is 3.73. The van der Waals surface area contributed by atoms with Gasteiger partial charge in [-0.3, -0.25) is 0 Å². The molecule has 1 N–H and O–H groups in total. The Morgan fingerprint density at radius 3 is 1.72 bits per heavy atom. The molecule has 0 fully saturated rings. The lowest BCUT2D eigenvalue weighted by molar-refractivity contribution is 0.920. The first-order chi connectivity index (χ1) is 8.42. The van der Waals surface area contributed by atoms with E-state index in [0.717, 1.165) is 6.54 Å². The van der Waals surface area contributed by atoms with Crippen molar-refractivity contribution in [2.75, 3.05) is 13.6 Å². The molecule has 0 unspecified atom stereocenters. The summed E-state index contributed by atoms with van der Waals surface area (Å²) < 4.78 is 0. The van der Waals surface area contributed by atoms with Crippen LogP contribution in [-0.2, 0) is 0 Å². The molecule has 0 aromatic heterocycles. The van der Waals surface area contributed by atoms with Crippen molar-refractivity contribution in [1.29, 1.82) is 0 Å². The van der Waals surface area contributed by atoms with Gasteiger partial charge in [0, 0.05) is 6.54 Å². The van der Waals surface area contributed by atoms with E-state index in [2.05, 4.69) is 59.9 Å². The molecule has 0 saturated heterocycles. The average molecular weight is 260 g/mol. The van der Waals surface area contributed by atoms with Gasteiger partial charge < -0.3 is 5.32 Å². The largest absolute Gasteiger partial charge is 0.316 e. The van der Waals surface area contributed by atoms with E-state index in [1.54, 1.807) is 0 Å². The summed E-state index contributed by atoms with van der Waals surface area (Å²) in [5, 5.41) is 3.16. The molecule has 0 bridgehead atoms. The topological polar surface area (TPSA) is 12.0 Å². The van der Waals surface area contributed by atoms with E-state index in [1.807, 2.05) is 19.2 Å². The zero-order chi connectivity index (χ0) is 11.9. The maximum Gasteiger partial charge on any atom is 0.0141 e. The Morgan fingerprint density at radius 1 is 0.889 bits per heavy atom. The minimum Gasteiger partial charge on any atom is -0.316 e. The molecule has 0 amide bonds. The highest BCUT2D eigenvalue weighted by Crippen LogP contribution is 2.22. The Bertz CT molecular complexity index is 435. The van der Waals surface area contributed by atoms with Gasteiger partial charge in [-0.2, -0.15) is 0 Å². The second-order valence-electron chi connectivity index (χ2n) is 3.91. The molecule has 2 aromatic rings. The maximum atomic E-state index is 3.16. The Labute approximate surface area is 115 Å². The predicted molar refractivity (Wildman–Crippen MR) is 81.1 cm³/mol. The SMILES string of the molecule is CNCC=C(c1ccccc1)c1ccccc1.Cl. The molecule has 94 valence electrons. The third-order valence-electron chi connectivity index (χ3n) is 2.68. The van der Waals surface area contributed by atoms with Gasteiger partial charge >= 0.3 is 0 Å². The van der Waals surface area contributed by atoms with Gasteiger partial charge in [0.2, 0.25) is 0 Å². The van der Waals surface area contributed by atoms with E-state index >= 15 is 0 Å². The first kappa shape index (κ1) is 14.5. The van der Waals surface area contributed by atoms with Gasteiger partial charge in [0.25, 0.3) is 0 Å².